The molecule has 0 atom stereocenters. The minimum absolute atomic E-state index is 0.00916. The lowest BCUT2D eigenvalue weighted by molar-refractivity contribution is 0.129. The Bertz CT molecular complexity index is 1320. The molecule has 2 aromatic carbocycles. The largest absolute Gasteiger partial charge is 0.480 e. The first-order valence-electron chi connectivity index (χ1n) is 11.1. The Morgan fingerprint density at radius 2 is 1.63 bits per heavy atom. The third kappa shape index (κ3) is 7.34. The van der Waals surface area contributed by atoms with E-state index >= 15 is 0 Å². The molecular formula is C28H28F2O4S. The quantitative estimate of drug-likeness (QED) is 0.367. The molecule has 0 fully saturated rings. The zero-order valence-corrected chi connectivity index (χ0v) is 21.0. The van der Waals surface area contributed by atoms with Crippen LogP contribution in [0.25, 0.3) is 0 Å². The Balaban J connectivity index is 1.69. The van der Waals surface area contributed by atoms with Gasteiger partial charge in [0.15, 0.2) is 0 Å². The number of benzene rings is 2. The summed E-state index contributed by atoms with van der Waals surface area (Å²) >= 11 is 0. The van der Waals surface area contributed by atoms with E-state index in [1.807, 2.05) is 58.0 Å². The monoisotopic (exact) mass is 498 g/mol. The summed E-state index contributed by atoms with van der Waals surface area (Å²) in [6, 6.07) is 16.2. The summed E-state index contributed by atoms with van der Waals surface area (Å²) in [4.78, 5) is 0. The van der Waals surface area contributed by atoms with Crippen molar-refractivity contribution in [1.29, 1.82) is 0 Å². The fourth-order valence-corrected chi connectivity index (χ4v) is 4.91. The maximum absolute atomic E-state index is 14.5. The van der Waals surface area contributed by atoms with Crippen LogP contribution in [0.3, 0.4) is 0 Å². The molecule has 1 aliphatic rings. The van der Waals surface area contributed by atoms with Crippen LogP contribution < -0.4 is 4.74 Å². The number of para-hydroxylation sites is 1. The van der Waals surface area contributed by atoms with Crippen molar-refractivity contribution in [3.05, 3.63) is 77.6 Å². The third-order valence-electron chi connectivity index (χ3n) is 5.21. The highest BCUT2D eigenvalue weighted by Gasteiger charge is 2.47. The molecular weight excluding hydrogens is 470 g/mol. The third-order valence-corrected chi connectivity index (χ3v) is 6.37. The van der Waals surface area contributed by atoms with Crippen molar-refractivity contribution < 1.29 is 26.1 Å². The second kappa shape index (κ2) is 10.1. The lowest BCUT2D eigenvalue weighted by atomic mass is 9.69. The number of rotatable bonds is 5. The summed E-state index contributed by atoms with van der Waals surface area (Å²) in [6.07, 6.45) is 2.61. The van der Waals surface area contributed by atoms with Crippen LogP contribution >= 0.6 is 0 Å². The molecule has 0 heterocycles. The molecule has 3 rings (SSSR count). The molecule has 35 heavy (non-hydrogen) atoms. The molecule has 184 valence electrons. The summed E-state index contributed by atoms with van der Waals surface area (Å²) in [7, 11) is -5.31. The predicted molar refractivity (Wildman–Crippen MR) is 132 cm³/mol. The summed E-state index contributed by atoms with van der Waals surface area (Å²) < 4.78 is 63.9. The Kier molecular flexibility index (Phi) is 7.62. The normalized spacial score (nSPS) is 16.6. The Hall–Kier alpha value is -3.29. The lowest BCUT2D eigenvalue weighted by Crippen LogP contribution is -2.33. The van der Waals surface area contributed by atoms with Gasteiger partial charge in [0.2, 0.25) is 0 Å². The van der Waals surface area contributed by atoms with Crippen LogP contribution in [0.4, 0.5) is 8.78 Å². The molecule has 0 N–H and O–H groups in total. The second-order valence-electron chi connectivity index (χ2n) is 9.87. The minimum atomic E-state index is -5.31. The van der Waals surface area contributed by atoms with Crippen molar-refractivity contribution in [2.24, 2.45) is 10.8 Å². The van der Waals surface area contributed by atoms with Gasteiger partial charge in [-0.15, -0.1) is 0 Å². The zero-order chi connectivity index (χ0) is 25.7. The summed E-state index contributed by atoms with van der Waals surface area (Å²) in [5.41, 5.74) is 0.703. The predicted octanol–water partition coefficient (Wildman–Crippen LogP) is 6.14. The van der Waals surface area contributed by atoms with Gasteiger partial charge < -0.3 is 8.92 Å². The van der Waals surface area contributed by atoms with Crippen molar-refractivity contribution in [2.75, 3.05) is 6.61 Å². The van der Waals surface area contributed by atoms with Crippen LogP contribution in [-0.4, -0.2) is 20.3 Å². The molecule has 0 amide bonds. The molecule has 0 bridgehead atoms. The van der Waals surface area contributed by atoms with Crippen LogP contribution in [0.2, 0.25) is 0 Å². The van der Waals surface area contributed by atoms with Crippen LogP contribution in [0.5, 0.6) is 5.75 Å². The van der Waals surface area contributed by atoms with Crippen molar-refractivity contribution in [1.82, 2.24) is 0 Å². The summed E-state index contributed by atoms with van der Waals surface area (Å²) in [5.74, 6) is 9.93. The average molecular weight is 499 g/mol. The average Bonchev–Trinajstić information content (AvgIpc) is 2.74. The van der Waals surface area contributed by atoms with E-state index in [0.717, 1.165) is 12.0 Å². The van der Waals surface area contributed by atoms with Crippen LogP contribution in [0.15, 0.2) is 66.4 Å². The van der Waals surface area contributed by atoms with Gasteiger partial charge in [-0.1, -0.05) is 75.8 Å². The van der Waals surface area contributed by atoms with Gasteiger partial charge in [-0.25, -0.2) is 0 Å². The van der Waals surface area contributed by atoms with Gasteiger partial charge in [-0.2, -0.15) is 17.2 Å². The molecule has 0 spiro atoms. The fourth-order valence-electron chi connectivity index (χ4n) is 4.22. The van der Waals surface area contributed by atoms with Gasteiger partial charge in [0.05, 0.1) is 5.56 Å². The van der Waals surface area contributed by atoms with Crippen molar-refractivity contribution in [2.45, 2.75) is 45.8 Å². The number of allylic oxidation sites excluding steroid dienone is 2. The standard InChI is InChI=1S/C28H28F2O4S/c1-26(2)19-24(20-27(3,4)21-26)34-35(31,32)28(29,30)17-10-18-33-25-14-9-8-13-23(25)16-15-22-11-6-5-7-12-22/h5-9,11-14,19H,18,20-21H2,1-4H3. The minimum Gasteiger partial charge on any atom is -0.480 e. The smallest absolute Gasteiger partial charge is 0.443 e. The van der Waals surface area contributed by atoms with Gasteiger partial charge in [0, 0.05) is 12.0 Å². The van der Waals surface area contributed by atoms with E-state index in [-0.39, 0.29) is 23.0 Å². The number of hydrogen-bond donors (Lipinski definition) is 0. The van der Waals surface area contributed by atoms with E-state index in [1.54, 1.807) is 30.3 Å². The highest BCUT2D eigenvalue weighted by molar-refractivity contribution is 7.88. The molecule has 4 nitrogen and oxygen atoms in total. The van der Waals surface area contributed by atoms with Gasteiger partial charge in [-0.05, 0) is 53.5 Å². The van der Waals surface area contributed by atoms with E-state index in [1.165, 1.54) is 5.92 Å². The summed E-state index contributed by atoms with van der Waals surface area (Å²) in [5, 5.41) is -4.39. The molecule has 0 aliphatic heterocycles. The Labute approximate surface area is 206 Å². The number of halogens is 2. The number of ether oxygens (including phenoxy) is 1. The number of alkyl halides is 2. The highest BCUT2D eigenvalue weighted by Crippen LogP contribution is 2.45. The van der Waals surface area contributed by atoms with E-state index in [2.05, 4.69) is 17.8 Å². The first-order chi connectivity index (χ1) is 16.3. The van der Waals surface area contributed by atoms with Gasteiger partial charge in [0.1, 0.15) is 18.1 Å². The molecule has 2 aromatic rings. The van der Waals surface area contributed by atoms with Crippen molar-refractivity contribution in [3.8, 4) is 29.4 Å². The van der Waals surface area contributed by atoms with Gasteiger partial charge >= 0.3 is 15.4 Å². The van der Waals surface area contributed by atoms with Gasteiger partial charge in [0.25, 0.3) is 0 Å². The van der Waals surface area contributed by atoms with E-state index in [4.69, 9.17) is 8.92 Å². The molecule has 1 aliphatic carbocycles. The second-order valence-corrected chi connectivity index (χ2v) is 11.5. The molecule has 7 heteroatoms. The SMILES string of the molecule is CC1(C)C=C(OS(=O)(=O)C(F)(F)C#CCOc2ccccc2C#Cc2ccccc2)CC(C)(C)C1. The molecule has 0 unspecified atom stereocenters. The topological polar surface area (TPSA) is 52.6 Å². The first kappa shape index (κ1) is 26.3. The highest BCUT2D eigenvalue weighted by atomic mass is 32.2. The molecule has 0 saturated heterocycles. The van der Waals surface area contributed by atoms with E-state index in [0.29, 0.717) is 11.3 Å². The Morgan fingerprint density at radius 3 is 2.31 bits per heavy atom. The molecule has 0 aromatic heterocycles. The lowest BCUT2D eigenvalue weighted by Gasteiger charge is -2.38. The fraction of sp³-hybridized carbons (Fsp3) is 0.357. The number of hydrogen-bond acceptors (Lipinski definition) is 4. The van der Waals surface area contributed by atoms with Crippen molar-refractivity contribution in [3.63, 3.8) is 0 Å². The van der Waals surface area contributed by atoms with Crippen LogP contribution in [-0.2, 0) is 14.3 Å². The zero-order valence-electron chi connectivity index (χ0n) is 20.2. The van der Waals surface area contributed by atoms with Crippen LogP contribution in [0.1, 0.15) is 51.7 Å². The van der Waals surface area contributed by atoms with Crippen molar-refractivity contribution >= 4 is 10.1 Å². The Morgan fingerprint density at radius 1 is 0.971 bits per heavy atom. The molecule has 0 radical (unpaired) electrons. The summed E-state index contributed by atoms with van der Waals surface area (Å²) in [6.45, 7) is 7.24. The van der Waals surface area contributed by atoms with E-state index in [9.17, 15) is 17.2 Å². The first-order valence-corrected chi connectivity index (χ1v) is 12.5. The molecule has 0 saturated carbocycles. The maximum Gasteiger partial charge on any atom is 0.443 e. The van der Waals surface area contributed by atoms with E-state index < -0.39 is 22.0 Å². The maximum atomic E-state index is 14.5. The van der Waals surface area contributed by atoms with Crippen LogP contribution in [0, 0.1) is 34.5 Å². The van der Waals surface area contributed by atoms with Gasteiger partial charge in [-0.3, -0.25) is 0 Å².